The van der Waals surface area contributed by atoms with Gasteiger partial charge in [0.05, 0.1) is 30.0 Å². The predicted octanol–water partition coefficient (Wildman–Crippen LogP) is 3.11. The topological polar surface area (TPSA) is 84.2 Å². The van der Waals surface area contributed by atoms with Gasteiger partial charge in [0, 0.05) is 10.9 Å². The van der Waals surface area contributed by atoms with Crippen LogP contribution in [-0.2, 0) is 16.1 Å². The molecule has 0 bridgehead atoms. The van der Waals surface area contributed by atoms with Crippen LogP contribution in [0.2, 0.25) is 0 Å². The van der Waals surface area contributed by atoms with Gasteiger partial charge in [-0.2, -0.15) is 5.10 Å². The highest BCUT2D eigenvalue weighted by Crippen LogP contribution is 2.21. The van der Waals surface area contributed by atoms with E-state index in [1.165, 1.54) is 0 Å². The Kier molecular flexibility index (Phi) is 5.54. The SMILES string of the molecule is Cc1nn(Cc2ccc(Br)cc2)c(C)c1NC(=O)CCC(=O)O. The summed E-state index contributed by atoms with van der Waals surface area (Å²) in [5.41, 5.74) is 3.30. The van der Waals surface area contributed by atoms with E-state index in [0.29, 0.717) is 17.9 Å². The molecular weight excluding hydrogens is 362 g/mol. The second-order valence-electron chi connectivity index (χ2n) is 5.27. The number of aromatic nitrogens is 2. The third-order valence-corrected chi connectivity index (χ3v) is 3.99. The van der Waals surface area contributed by atoms with Crippen molar-refractivity contribution < 1.29 is 14.7 Å². The van der Waals surface area contributed by atoms with Gasteiger partial charge in [-0.3, -0.25) is 14.3 Å². The number of anilines is 1. The van der Waals surface area contributed by atoms with Crippen LogP contribution in [0.5, 0.6) is 0 Å². The van der Waals surface area contributed by atoms with E-state index in [1.807, 2.05) is 42.8 Å². The number of hydrogen-bond donors (Lipinski definition) is 2. The Labute approximate surface area is 142 Å². The Morgan fingerprint density at radius 2 is 1.87 bits per heavy atom. The lowest BCUT2D eigenvalue weighted by atomic mass is 10.2. The second kappa shape index (κ2) is 7.41. The molecule has 0 aliphatic heterocycles. The number of aryl methyl sites for hydroxylation is 1. The van der Waals surface area contributed by atoms with Crippen LogP contribution in [-0.4, -0.2) is 26.8 Å². The lowest BCUT2D eigenvalue weighted by molar-refractivity contribution is -0.138. The Balaban J connectivity index is 2.11. The maximum absolute atomic E-state index is 11.8. The molecule has 122 valence electrons. The van der Waals surface area contributed by atoms with E-state index in [-0.39, 0.29) is 18.7 Å². The Morgan fingerprint density at radius 1 is 1.22 bits per heavy atom. The maximum Gasteiger partial charge on any atom is 0.303 e. The Hall–Kier alpha value is -2.15. The first-order valence-electron chi connectivity index (χ1n) is 7.17. The predicted molar refractivity (Wildman–Crippen MR) is 90.4 cm³/mol. The molecule has 0 saturated heterocycles. The van der Waals surface area contributed by atoms with Gasteiger partial charge in [-0.05, 0) is 31.5 Å². The molecule has 1 heterocycles. The van der Waals surface area contributed by atoms with Gasteiger partial charge in [-0.1, -0.05) is 28.1 Å². The number of carboxylic acid groups (broad SMARTS) is 1. The van der Waals surface area contributed by atoms with Gasteiger partial charge in [-0.25, -0.2) is 0 Å². The first-order valence-corrected chi connectivity index (χ1v) is 7.96. The molecule has 0 saturated carbocycles. The number of aliphatic carboxylic acids is 1. The van der Waals surface area contributed by atoms with Crippen molar-refractivity contribution in [3.8, 4) is 0 Å². The number of nitrogens with zero attached hydrogens (tertiary/aromatic N) is 2. The molecule has 0 atom stereocenters. The van der Waals surface area contributed by atoms with Gasteiger partial charge < -0.3 is 10.4 Å². The van der Waals surface area contributed by atoms with Crippen molar-refractivity contribution in [3.05, 3.63) is 45.7 Å². The van der Waals surface area contributed by atoms with Crippen molar-refractivity contribution >= 4 is 33.5 Å². The number of carbonyl (C=O) groups is 2. The molecule has 1 amide bonds. The molecule has 0 fully saturated rings. The summed E-state index contributed by atoms with van der Waals surface area (Å²) >= 11 is 3.40. The molecule has 7 heteroatoms. The molecule has 0 unspecified atom stereocenters. The zero-order valence-electron chi connectivity index (χ0n) is 13.0. The normalized spacial score (nSPS) is 10.6. The van der Waals surface area contributed by atoms with E-state index < -0.39 is 5.97 Å². The van der Waals surface area contributed by atoms with Crippen molar-refractivity contribution in [3.63, 3.8) is 0 Å². The molecule has 2 rings (SSSR count). The molecule has 0 spiro atoms. The van der Waals surface area contributed by atoms with E-state index in [4.69, 9.17) is 5.11 Å². The first-order chi connectivity index (χ1) is 10.9. The van der Waals surface area contributed by atoms with Crippen LogP contribution >= 0.6 is 15.9 Å². The van der Waals surface area contributed by atoms with E-state index in [2.05, 4.69) is 26.3 Å². The highest BCUT2D eigenvalue weighted by atomic mass is 79.9. The summed E-state index contributed by atoms with van der Waals surface area (Å²) in [7, 11) is 0. The van der Waals surface area contributed by atoms with Gasteiger partial charge in [0.15, 0.2) is 0 Å². The highest BCUT2D eigenvalue weighted by molar-refractivity contribution is 9.10. The number of carbonyl (C=O) groups excluding carboxylic acids is 1. The van der Waals surface area contributed by atoms with Gasteiger partial charge in [-0.15, -0.1) is 0 Å². The molecule has 1 aromatic heterocycles. The van der Waals surface area contributed by atoms with Crippen LogP contribution in [0.4, 0.5) is 5.69 Å². The number of carboxylic acids is 1. The number of amides is 1. The third kappa shape index (κ3) is 4.66. The largest absolute Gasteiger partial charge is 0.481 e. The fraction of sp³-hybridized carbons (Fsp3) is 0.312. The van der Waals surface area contributed by atoms with E-state index in [0.717, 1.165) is 15.7 Å². The molecule has 0 aliphatic rings. The summed E-state index contributed by atoms with van der Waals surface area (Å²) in [6, 6.07) is 7.95. The van der Waals surface area contributed by atoms with Crippen molar-refractivity contribution in [1.82, 2.24) is 9.78 Å². The van der Waals surface area contributed by atoms with Gasteiger partial charge in [0.2, 0.25) is 5.91 Å². The summed E-state index contributed by atoms with van der Waals surface area (Å²) in [6.07, 6.45) is -0.233. The lowest BCUT2D eigenvalue weighted by Gasteiger charge is -2.07. The van der Waals surface area contributed by atoms with Crippen molar-refractivity contribution in [1.29, 1.82) is 0 Å². The number of rotatable bonds is 6. The number of halogens is 1. The number of hydrogen-bond acceptors (Lipinski definition) is 3. The Morgan fingerprint density at radius 3 is 2.48 bits per heavy atom. The van der Waals surface area contributed by atoms with Gasteiger partial charge >= 0.3 is 5.97 Å². The quantitative estimate of drug-likeness (QED) is 0.807. The van der Waals surface area contributed by atoms with E-state index >= 15 is 0 Å². The van der Waals surface area contributed by atoms with Crippen molar-refractivity contribution in [2.75, 3.05) is 5.32 Å². The third-order valence-electron chi connectivity index (χ3n) is 3.46. The van der Waals surface area contributed by atoms with Crippen LogP contribution in [0.15, 0.2) is 28.7 Å². The number of nitrogens with one attached hydrogen (secondary N) is 1. The Bertz CT molecular complexity index is 723. The average Bonchev–Trinajstić information content (AvgIpc) is 2.75. The molecule has 23 heavy (non-hydrogen) atoms. The number of benzene rings is 1. The summed E-state index contributed by atoms with van der Waals surface area (Å²) in [4.78, 5) is 22.3. The smallest absolute Gasteiger partial charge is 0.303 e. The van der Waals surface area contributed by atoms with E-state index in [9.17, 15) is 9.59 Å². The lowest BCUT2D eigenvalue weighted by Crippen LogP contribution is -2.14. The first kappa shape index (κ1) is 17.2. The molecule has 2 aromatic rings. The zero-order chi connectivity index (χ0) is 17.0. The van der Waals surface area contributed by atoms with Crippen molar-refractivity contribution in [2.45, 2.75) is 33.2 Å². The van der Waals surface area contributed by atoms with E-state index in [1.54, 1.807) is 0 Å². The maximum atomic E-state index is 11.8. The van der Waals surface area contributed by atoms with Gasteiger partial charge in [0.25, 0.3) is 0 Å². The minimum atomic E-state index is -0.987. The molecular formula is C16H18BrN3O3. The van der Waals surface area contributed by atoms with Gasteiger partial charge in [0.1, 0.15) is 0 Å². The standard InChI is InChI=1S/C16H18BrN3O3/c1-10-16(18-14(21)7-8-15(22)23)11(2)20(19-10)9-12-3-5-13(17)6-4-12/h3-6H,7-9H2,1-2H3,(H,18,21)(H,22,23). The van der Waals surface area contributed by atoms with Crippen LogP contribution < -0.4 is 5.32 Å². The summed E-state index contributed by atoms with van der Waals surface area (Å²) < 4.78 is 2.84. The molecule has 0 aliphatic carbocycles. The summed E-state index contributed by atoms with van der Waals surface area (Å²) in [6.45, 7) is 4.30. The molecule has 2 N–H and O–H groups in total. The van der Waals surface area contributed by atoms with Crippen LogP contribution in [0.25, 0.3) is 0 Å². The fourth-order valence-corrected chi connectivity index (χ4v) is 2.48. The summed E-state index contributed by atoms with van der Waals surface area (Å²) in [5, 5.41) is 15.8. The van der Waals surface area contributed by atoms with Crippen molar-refractivity contribution in [2.24, 2.45) is 0 Å². The minimum Gasteiger partial charge on any atom is -0.481 e. The summed E-state index contributed by atoms with van der Waals surface area (Å²) in [5.74, 6) is -1.30. The van der Waals surface area contributed by atoms with Crippen LogP contribution in [0, 0.1) is 13.8 Å². The minimum absolute atomic E-state index is 0.0495. The average molecular weight is 380 g/mol. The zero-order valence-corrected chi connectivity index (χ0v) is 14.6. The fourth-order valence-electron chi connectivity index (χ4n) is 2.22. The molecule has 0 radical (unpaired) electrons. The molecule has 1 aromatic carbocycles. The monoisotopic (exact) mass is 379 g/mol. The molecule has 6 nitrogen and oxygen atoms in total. The second-order valence-corrected chi connectivity index (χ2v) is 6.19. The van der Waals surface area contributed by atoms with Crippen LogP contribution in [0.3, 0.4) is 0 Å². The van der Waals surface area contributed by atoms with Crippen LogP contribution in [0.1, 0.15) is 29.8 Å². The highest BCUT2D eigenvalue weighted by Gasteiger charge is 2.15.